The summed E-state index contributed by atoms with van der Waals surface area (Å²) in [6.45, 7) is 5.25. The predicted molar refractivity (Wildman–Crippen MR) is 205 cm³/mol. The van der Waals surface area contributed by atoms with E-state index in [-0.39, 0.29) is 18.7 Å². The van der Waals surface area contributed by atoms with E-state index in [1.165, 1.54) is 0 Å². The molecule has 2 aliphatic heterocycles. The number of H-pyrrole nitrogens is 2. The van der Waals surface area contributed by atoms with Crippen LogP contribution in [0.15, 0.2) is 103 Å². The molecule has 0 bridgehead atoms. The molecule has 2 aliphatic rings. The van der Waals surface area contributed by atoms with Gasteiger partial charge in [-0.2, -0.15) is 0 Å². The van der Waals surface area contributed by atoms with Crippen molar-refractivity contribution < 1.29 is 27.8 Å². The zero-order valence-electron chi connectivity index (χ0n) is 30.9. The first-order chi connectivity index (χ1) is 26.4. The van der Waals surface area contributed by atoms with Crippen LogP contribution in [0.5, 0.6) is 0 Å². The van der Waals surface area contributed by atoms with Gasteiger partial charge in [-0.1, -0.05) is 78.9 Å². The van der Waals surface area contributed by atoms with E-state index in [0.29, 0.717) is 18.1 Å². The number of imidazole rings is 2. The Bertz CT molecular complexity index is 2330. The number of benzene rings is 4. The van der Waals surface area contributed by atoms with Crippen molar-refractivity contribution in [2.75, 3.05) is 13.1 Å². The molecule has 0 saturated carbocycles. The fourth-order valence-corrected chi connectivity index (χ4v) is 7.39. The van der Waals surface area contributed by atoms with Gasteiger partial charge < -0.3 is 19.4 Å². The molecule has 2 atom stereocenters. The van der Waals surface area contributed by atoms with Crippen molar-refractivity contribution in [1.29, 1.82) is 0 Å². The smallest absolute Gasteiger partial charge is 0.411 e. The van der Waals surface area contributed by atoms with Gasteiger partial charge in [-0.05, 0) is 78.8 Å². The van der Waals surface area contributed by atoms with E-state index >= 15 is 0 Å². The van der Waals surface area contributed by atoms with Crippen LogP contribution in [0.25, 0.3) is 44.4 Å². The summed E-state index contributed by atoms with van der Waals surface area (Å²) >= 11 is 0. The molecule has 2 saturated heterocycles. The summed E-state index contributed by atoms with van der Waals surface area (Å²) < 4.78 is 40.0. The summed E-state index contributed by atoms with van der Waals surface area (Å²) in [5.41, 5.74) is 5.57. The third kappa shape index (κ3) is 7.80. The number of aromatic nitrogens is 4. The first-order valence-electron chi connectivity index (χ1n) is 18.5. The quantitative estimate of drug-likeness (QED) is 0.168. The van der Waals surface area contributed by atoms with Crippen LogP contribution in [-0.4, -0.2) is 66.5 Å². The second kappa shape index (κ2) is 14.3. The first kappa shape index (κ1) is 36.0. The molecule has 8 rings (SSSR count). The van der Waals surface area contributed by atoms with Crippen LogP contribution < -0.4 is 0 Å². The molecule has 4 heterocycles. The van der Waals surface area contributed by atoms with Gasteiger partial charge in [0.2, 0.25) is 0 Å². The highest BCUT2D eigenvalue weighted by molar-refractivity contribution is 5.90. The third-order valence-electron chi connectivity index (χ3n) is 10.1. The monoisotopic (exact) mass is 744 g/mol. The van der Waals surface area contributed by atoms with Crippen molar-refractivity contribution in [3.63, 3.8) is 0 Å². The molecule has 12 heteroatoms. The average Bonchev–Trinajstić information content (AvgIpc) is 4.00. The Morgan fingerprint density at radius 2 is 1.36 bits per heavy atom. The number of aromatic amines is 2. The molecule has 0 radical (unpaired) electrons. The van der Waals surface area contributed by atoms with Gasteiger partial charge in [0, 0.05) is 18.5 Å². The minimum Gasteiger partial charge on any atom is -0.445 e. The van der Waals surface area contributed by atoms with E-state index < -0.39 is 36.6 Å². The Hall–Kier alpha value is -6.04. The van der Waals surface area contributed by atoms with Crippen LogP contribution in [0, 0.1) is 0 Å². The number of rotatable bonds is 7. The third-order valence-corrected chi connectivity index (χ3v) is 10.1. The van der Waals surface area contributed by atoms with Crippen molar-refractivity contribution in [3.8, 4) is 33.6 Å². The average molecular weight is 745 g/mol. The Labute approximate surface area is 317 Å². The molecule has 0 aliphatic carbocycles. The minimum atomic E-state index is -3.04. The number of likely N-dealkylation sites (tertiary alicyclic amines) is 2. The van der Waals surface area contributed by atoms with Crippen LogP contribution in [0.1, 0.15) is 69.3 Å². The van der Waals surface area contributed by atoms with Crippen molar-refractivity contribution in [3.05, 3.63) is 121 Å². The summed E-state index contributed by atoms with van der Waals surface area (Å²) in [6, 6.07) is 29.1. The maximum atomic E-state index is 14.5. The number of nitrogens with one attached hydrogen (secondary N) is 2. The molecule has 0 spiro atoms. The summed E-state index contributed by atoms with van der Waals surface area (Å²) in [5, 5.41) is 2.15. The molecule has 4 aromatic carbocycles. The Balaban J connectivity index is 0.938. The van der Waals surface area contributed by atoms with Crippen LogP contribution in [0.2, 0.25) is 0 Å². The van der Waals surface area contributed by atoms with Gasteiger partial charge in [-0.3, -0.25) is 9.80 Å². The number of halogens is 2. The fourth-order valence-electron chi connectivity index (χ4n) is 7.39. The lowest BCUT2D eigenvalue weighted by atomic mass is 9.98. The lowest BCUT2D eigenvalue weighted by Gasteiger charge is -2.27. The van der Waals surface area contributed by atoms with Gasteiger partial charge in [0.05, 0.1) is 42.4 Å². The number of carbonyl (C=O) groups is 2. The lowest BCUT2D eigenvalue weighted by Crippen LogP contribution is -2.38. The molecule has 2 fully saturated rings. The maximum absolute atomic E-state index is 14.5. The summed E-state index contributed by atoms with van der Waals surface area (Å²) in [7, 11) is 0. The number of nitrogens with zero attached hydrogens (tertiary/aromatic N) is 4. The van der Waals surface area contributed by atoms with E-state index in [0.717, 1.165) is 67.8 Å². The van der Waals surface area contributed by atoms with Crippen LogP contribution in [0.4, 0.5) is 18.4 Å². The number of alkyl halides is 2. The number of ether oxygens (including phenoxy) is 2. The van der Waals surface area contributed by atoms with E-state index in [1.807, 2.05) is 60.8 Å². The first-order valence-corrected chi connectivity index (χ1v) is 18.5. The Kier molecular flexibility index (Phi) is 9.36. The Morgan fingerprint density at radius 1 is 0.764 bits per heavy atom. The van der Waals surface area contributed by atoms with E-state index in [1.54, 1.807) is 31.9 Å². The largest absolute Gasteiger partial charge is 0.445 e. The SMILES string of the molecule is CC(C)(C)OC(=O)N1CC(F)(F)C[C@H]1c1ncc(-c2ccc(-c3ccc4cc(-c5cnc([C@@H]6CCCN6C(=O)OCc6ccccc6)[nH]5)ccc4c3)cc2)[nH]1. The van der Waals surface area contributed by atoms with E-state index in [2.05, 4.69) is 56.3 Å². The molecule has 282 valence electrons. The molecular weight excluding hydrogens is 703 g/mol. The molecule has 0 unspecified atom stereocenters. The number of amides is 2. The highest BCUT2D eigenvalue weighted by Crippen LogP contribution is 2.41. The Morgan fingerprint density at radius 3 is 2.05 bits per heavy atom. The number of carbonyl (C=O) groups excluding carboxylic acids is 2. The van der Waals surface area contributed by atoms with Crippen molar-refractivity contribution in [1.82, 2.24) is 29.7 Å². The summed E-state index contributed by atoms with van der Waals surface area (Å²) in [6.07, 6.45) is 3.47. The maximum Gasteiger partial charge on any atom is 0.411 e. The van der Waals surface area contributed by atoms with Crippen LogP contribution >= 0.6 is 0 Å². The number of fused-ring (bicyclic) bond motifs is 1. The van der Waals surface area contributed by atoms with E-state index in [4.69, 9.17) is 9.47 Å². The molecule has 2 N–H and O–H groups in total. The standard InChI is InChI=1S/C43H42F2N6O4/c1-42(2,3)55-41(53)51-26-43(44,45)22-37(51)39-47-23-34(48-39)29-13-11-28(12-14-29)30-15-16-32-21-33(18-17-31(32)20-30)35-24-46-38(49-35)36-10-7-19-50(36)40(52)54-25-27-8-5-4-6-9-27/h4-6,8-9,11-18,20-21,23-24,36-37H,7,10,19,22,25-26H2,1-3H3,(H,46,49)(H,47,48)/t36-,37-/m0/s1. The van der Waals surface area contributed by atoms with Crippen LogP contribution in [-0.2, 0) is 16.1 Å². The zero-order valence-corrected chi connectivity index (χ0v) is 30.9. The molecule has 10 nitrogen and oxygen atoms in total. The van der Waals surface area contributed by atoms with Gasteiger partial charge >= 0.3 is 12.2 Å². The molecule has 6 aromatic rings. The normalized spacial score (nSPS) is 18.2. The topological polar surface area (TPSA) is 116 Å². The molecule has 55 heavy (non-hydrogen) atoms. The fraction of sp³-hybridized carbons (Fsp3) is 0.302. The van der Waals surface area contributed by atoms with Crippen molar-refractivity contribution >= 4 is 23.0 Å². The zero-order chi connectivity index (χ0) is 38.3. The summed E-state index contributed by atoms with van der Waals surface area (Å²) in [4.78, 5) is 44.3. The van der Waals surface area contributed by atoms with Crippen molar-refractivity contribution in [2.24, 2.45) is 0 Å². The van der Waals surface area contributed by atoms with Gasteiger partial charge in [-0.25, -0.2) is 28.3 Å². The summed E-state index contributed by atoms with van der Waals surface area (Å²) in [5.74, 6) is -2.00. The van der Waals surface area contributed by atoms with Gasteiger partial charge in [0.25, 0.3) is 5.92 Å². The van der Waals surface area contributed by atoms with Gasteiger partial charge in [0.1, 0.15) is 23.9 Å². The highest BCUT2D eigenvalue weighted by Gasteiger charge is 2.50. The van der Waals surface area contributed by atoms with E-state index in [9.17, 15) is 18.4 Å². The number of hydrogen-bond donors (Lipinski definition) is 2. The molecule has 2 aromatic heterocycles. The lowest BCUT2D eigenvalue weighted by molar-refractivity contribution is -0.00248. The van der Waals surface area contributed by atoms with Gasteiger partial charge in [-0.15, -0.1) is 0 Å². The van der Waals surface area contributed by atoms with Crippen LogP contribution in [0.3, 0.4) is 0 Å². The number of hydrogen-bond acceptors (Lipinski definition) is 6. The second-order valence-electron chi connectivity index (χ2n) is 15.3. The van der Waals surface area contributed by atoms with Gasteiger partial charge in [0.15, 0.2) is 0 Å². The van der Waals surface area contributed by atoms with Crippen molar-refractivity contribution in [2.45, 2.75) is 70.2 Å². The highest BCUT2D eigenvalue weighted by atomic mass is 19.3. The molecular formula is C43H42F2N6O4. The second-order valence-corrected chi connectivity index (χ2v) is 15.3. The minimum absolute atomic E-state index is 0.170. The predicted octanol–water partition coefficient (Wildman–Crippen LogP) is 10.1. The molecule has 2 amide bonds.